The Morgan fingerprint density at radius 1 is 1.18 bits per heavy atom. The molecule has 0 atom stereocenters. The van der Waals surface area contributed by atoms with E-state index in [1.807, 2.05) is 31.5 Å². The SMILES string of the molecule is CCNC(=NCCc1coc(-c2ccc(F)cc2)n1)NCCn1cccc1.I. The van der Waals surface area contributed by atoms with Crippen LogP contribution in [0.3, 0.4) is 0 Å². The van der Waals surface area contributed by atoms with Gasteiger partial charge < -0.3 is 19.6 Å². The second kappa shape index (κ2) is 11.5. The van der Waals surface area contributed by atoms with Crippen LogP contribution in [0.2, 0.25) is 0 Å². The Morgan fingerprint density at radius 2 is 1.93 bits per heavy atom. The average Bonchev–Trinajstić information content (AvgIpc) is 3.34. The molecular weight excluding hydrogens is 472 g/mol. The van der Waals surface area contributed by atoms with Gasteiger partial charge in [0.2, 0.25) is 5.89 Å². The molecule has 0 aliphatic rings. The fourth-order valence-electron chi connectivity index (χ4n) is 2.59. The number of hydrogen-bond donors (Lipinski definition) is 2. The summed E-state index contributed by atoms with van der Waals surface area (Å²) in [5.74, 6) is 0.998. The van der Waals surface area contributed by atoms with E-state index < -0.39 is 0 Å². The van der Waals surface area contributed by atoms with Crippen molar-refractivity contribution in [2.75, 3.05) is 19.6 Å². The summed E-state index contributed by atoms with van der Waals surface area (Å²) in [7, 11) is 0. The topological polar surface area (TPSA) is 67.4 Å². The van der Waals surface area contributed by atoms with Gasteiger partial charge in [0.05, 0.1) is 5.69 Å². The van der Waals surface area contributed by atoms with E-state index >= 15 is 0 Å². The molecule has 0 saturated heterocycles. The van der Waals surface area contributed by atoms with Crippen molar-refractivity contribution >= 4 is 29.9 Å². The van der Waals surface area contributed by atoms with Gasteiger partial charge in [-0.2, -0.15) is 0 Å². The number of halogens is 2. The molecule has 8 heteroatoms. The molecule has 3 rings (SSSR count). The first-order chi connectivity index (χ1) is 13.2. The maximum absolute atomic E-state index is 13.0. The third-order valence-electron chi connectivity index (χ3n) is 3.95. The standard InChI is InChI=1S/C20H24FN5O.HI/c1-2-22-20(24-11-14-26-12-3-4-13-26)23-10-9-18-15-27-19(25-18)16-5-7-17(21)8-6-16;/h3-8,12-13,15H,2,9-11,14H2,1H3,(H2,22,23,24);1H. The molecule has 0 aliphatic carbocycles. The summed E-state index contributed by atoms with van der Waals surface area (Å²) < 4.78 is 20.6. The Kier molecular flexibility index (Phi) is 8.99. The molecule has 0 aliphatic heterocycles. The quantitative estimate of drug-likeness (QED) is 0.283. The minimum atomic E-state index is -0.278. The van der Waals surface area contributed by atoms with Gasteiger partial charge in [-0.1, -0.05) is 0 Å². The first kappa shape index (κ1) is 21.9. The van der Waals surface area contributed by atoms with Crippen LogP contribution in [0.25, 0.3) is 11.5 Å². The van der Waals surface area contributed by atoms with Gasteiger partial charge in [0, 0.05) is 50.6 Å². The fourth-order valence-corrected chi connectivity index (χ4v) is 2.59. The Bertz CT molecular complexity index is 846. The average molecular weight is 497 g/mol. The van der Waals surface area contributed by atoms with Gasteiger partial charge in [-0.3, -0.25) is 4.99 Å². The van der Waals surface area contributed by atoms with Crippen LogP contribution in [0.5, 0.6) is 0 Å². The Hall–Kier alpha value is -2.36. The van der Waals surface area contributed by atoms with Gasteiger partial charge in [0.25, 0.3) is 0 Å². The molecule has 0 unspecified atom stereocenters. The van der Waals surface area contributed by atoms with Crippen molar-refractivity contribution in [3.05, 3.63) is 66.6 Å². The number of benzene rings is 1. The smallest absolute Gasteiger partial charge is 0.226 e. The number of nitrogens with one attached hydrogen (secondary N) is 2. The Balaban J connectivity index is 0.00000280. The molecule has 0 amide bonds. The van der Waals surface area contributed by atoms with Gasteiger partial charge in [0.15, 0.2) is 5.96 Å². The van der Waals surface area contributed by atoms with E-state index in [0.717, 1.165) is 36.9 Å². The van der Waals surface area contributed by atoms with Gasteiger partial charge in [-0.15, -0.1) is 24.0 Å². The summed E-state index contributed by atoms with van der Waals surface area (Å²) in [6, 6.07) is 10.1. The maximum atomic E-state index is 13.0. The molecule has 0 fully saturated rings. The van der Waals surface area contributed by atoms with Crippen LogP contribution in [0.4, 0.5) is 4.39 Å². The van der Waals surface area contributed by atoms with E-state index in [4.69, 9.17) is 4.42 Å². The van der Waals surface area contributed by atoms with Gasteiger partial charge >= 0.3 is 0 Å². The first-order valence-electron chi connectivity index (χ1n) is 9.08. The maximum Gasteiger partial charge on any atom is 0.226 e. The second-order valence-corrected chi connectivity index (χ2v) is 6.01. The van der Waals surface area contributed by atoms with Crippen LogP contribution in [-0.4, -0.2) is 35.1 Å². The second-order valence-electron chi connectivity index (χ2n) is 6.01. The summed E-state index contributed by atoms with van der Waals surface area (Å²) in [6.07, 6.45) is 6.36. The third-order valence-corrected chi connectivity index (χ3v) is 3.95. The van der Waals surface area contributed by atoms with Gasteiger partial charge in [0.1, 0.15) is 12.1 Å². The minimum Gasteiger partial charge on any atom is -0.444 e. The highest BCUT2D eigenvalue weighted by atomic mass is 127. The van der Waals surface area contributed by atoms with Crippen LogP contribution < -0.4 is 10.6 Å². The van der Waals surface area contributed by atoms with Gasteiger partial charge in [-0.25, -0.2) is 9.37 Å². The number of nitrogens with zero attached hydrogens (tertiary/aromatic N) is 3. The Morgan fingerprint density at radius 3 is 2.64 bits per heavy atom. The van der Waals surface area contributed by atoms with Crippen molar-refractivity contribution in [1.82, 2.24) is 20.2 Å². The third kappa shape index (κ3) is 6.66. The largest absolute Gasteiger partial charge is 0.444 e. The monoisotopic (exact) mass is 497 g/mol. The van der Waals surface area contributed by atoms with Crippen LogP contribution in [0.1, 0.15) is 12.6 Å². The normalized spacial score (nSPS) is 11.1. The minimum absolute atomic E-state index is 0. The van der Waals surface area contributed by atoms with Crippen LogP contribution in [-0.2, 0) is 13.0 Å². The van der Waals surface area contributed by atoms with Crippen molar-refractivity contribution in [1.29, 1.82) is 0 Å². The lowest BCUT2D eigenvalue weighted by Gasteiger charge is -2.11. The predicted octanol–water partition coefficient (Wildman–Crippen LogP) is 3.70. The van der Waals surface area contributed by atoms with Crippen molar-refractivity contribution in [2.45, 2.75) is 19.9 Å². The lowest BCUT2D eigenvalue weighted by atomic mass is 10.2. The highest BCUT2D eigenvalue weighted by molar-refractivity contribution is 14.0. The molecule has 0 spiro atoms. The van der Waals surface area contributed by atoms with Crippen molar-refractivity contribution in [3.63, 3.8) is 0 Å². The number of rotatable bonds is 8. The molecule has 0 radical (unpaired) electrons. The van der Waals surface area contributed by atoms with Crippen LogP contribution in [0.15, 0.2) is 64.5 Å². The number of aliphatic imine (C=N–C) groups is 1. The summed E-state index contributed by atoms with van der Waals surface area (Å²) in [5.41, 5.74) is 1.58. The molecule has 1 aromatic carbocycles. The molecule has 28 heavy (non-hydrogen) atoms. The molecule has 2 aromatic heterocycles. The Labute approximate surface area is 181 Å². The summed E-state index contributed by atoms with van der Waals surface area (Å²) in [6.45, 7) is 5.10. The molecule has 150 valence electrons. The number of aromatic nitrogens is 2. The zero-order valence-electron chi connectivity index (χ0n) is 15.8. The van der Waals surface area contributed by atoms with E-state index in [1.165, 1.54) is 12.1 Å². The van der Waals surface area contributed by atoms with E-state index in [-0.39, 0.29) is 29.8 Å². The fraction of sp³-hybridized carbons (Fsp3) is 0.300. The molecule has 2 heterocycles. The summed E-state index contributed by atoms with van der Waals surface area (Å²) in [5, 5.41) is 6.56. The molecule has 3 aromatic rings. The lowest BCUT2D eigenvalue weighted by molar-refractivity contribution is 0.572. The highest BCUT2D eigenvalue weighted by Crippen LogP contribution is 2.19. The molecule has 0 bridgehead atoms. The van der Waals surface area contributed by atoms with E-state index in [9.17, 15) is 4.39 Å². The number of guanidine groups is 1. The van der Waals surface area contributed by atoms with Gasteiger partial charge in [-0.05, 0) is 43.3 Å². The molecule has 0 saturated carbocycles. The molecule has 2 N–H and O–H groups in total. The predicted molar refractivity (Wildman–Crippen MR) is 119 cm³/mol. The lowest BCUT2D eigenvalue weighted by Crippen LogP contribution is -2.39. The van der Waals surface area contributed by atoms with Crippen molar-refractivity contribution in [2.24, 2.45) is 4.99 Å². The molecular formula is C20H25FIN5O. The van der Waals surface area contributed by atoms with Crippen molar-refractivity contribution in [3.8, 4) is 11.5 Å². The number of oxazole rings is 1. The summed E-state index contributed by atoms with van der Waals surface area (Å²) in [4.78, 5) is 9.02. The van der Waals surface area contributed by atoms with Crippen LogP contribution in [0, 0.1) is 5.82 Å². The summed E-state index contributed by atoms with van der Waals surface area (Å²) >= 11 is 0. The first-order valence-corrected chi connectivity index (χ1v) is 9.08. The molecule has 6 nitrogen and oxygen atoms in total. The van der Waals surface area contributed by atoms with E-state index in [2.05, 4.69) is 25.2 Å². The number of hydrogen-bond acceptors (Lipinski definition) is 3. The van der Waals surface area contributed by atoms with Crippen molar-refractivity contribution < 1.29 is 8.81 Å². The van der Waals surface area contributed by atoms with Crippen LogP contribution >= 0.6 is 24.0 Å². The zero-order chi connectivity index (χ0) is 18.9. The van der Waals surface area contributed by atoms with E-state index in [0.29, 0.717) is 18.9 Å². The zero-order valence-corrected chi connectivity index (χ0v) is 18.1. The highest BCUT2D eigenvalue weighted by Gasteiger charge is 2.07. The van der Waals surface area contributed by atoms with E-state index in [1.54, 1.807) is 18.4 Å².